The van der Waals surface area contributed by atoms with Crippen molar-refractivity contribution in [2.45, 2.75) is 61.2 Å². The summed E-state index contributed by atoms with van der Waals surface area (Å²) in [5, 5.41) is 19.1. The van der Waals surface area contributed by atoms with Gasteiger partial charge in [-0.25, -0.2) is 0 Å². The molecule has 0 aromatic rings. The van der Waals surface area contributed by atoms with E-state index in [-0.39, 0.29) is 27.4 Å². The van der Waals surface area contributed by atoms with E-state index in [0.29, 0.717) is 25.7 Å². The smallest absolute Gasteiger partial charge is 0.286 e. The van der Waals surface area contributed by atoms with Crippen molar-refractivity contribution in [1.82, 2.24) is 20.9 Å². The average molecular weight is 450 g/mol. The van der Waals surface area contributed by atoms with Crippen LogP contribution in [-0.4, -0.2) is 76.9 Å². The summed E-state index contributed by atoms with van der Waals surface area (Å²) in [4.78, 5) is 35.8. The van der Waals surface area contributed by atoms with Gasteiger partial charge in [0, 0.05) is 18.1 Å². The van der Waals surface area contributed by atoms with Crippen molar-refractivity contribution in [2.75, 3.05) is 26.9 Å². The number of ether oxygens (including phenoxy) is 1. The molecule has 0 aromatic carbocycles. The lowest BCUT2D eigenvalue weighted by molar-refractivity contribution is -0.534. The summed E-state index contributed by atoms with van der Waals surface area (Å²) in [6.07, 6.45) is 4.26. The molecule has 2 saturated heterocycles. The van der Waals surface area contributed by atoms with Gasteiger partial charge in [-0.3, -0.25) is 40.6 Å². The average Bonchev–Trinajstić information content (AvgIpc) is 2.99. The first-order valence-corrected chi connectivity index (χ1v) is 11.2. The zero-order chi connectivity index (χ0) is 21.0. The van der Waals surface area contributed by atoms with Crippen molar-refractivity contribution < 1.29 is 19.2 Å². The first-order valence-electron chi connectivity index (χ1n) is 9.92. The minimum atomic E-state index is -0.941. The summed E-state index contributed by atoms with van der Waals surface area (Å²) in [6.45, 7) is 1.47. The van der Waals surface area contributed by atoms with Crippen LogP contribution in [-0.2, 0) is 9.53 Å². The molecule has 12 heteroatoms. The van der Waals surface area contributed by atoms with Crippen molar-refractivity contribution in [3.63, 3.8) is 0 Å². The van der Waals surface area contributed by atoms with Gasteiger partial charge in [0.05, 0.1) is 18.0 Å². The molecule has 0 spiro atoms. The number of imide groups is 1. The quantitative estimate of drug-likeness (QED) is 0.214. The highest BCUT2D eigenvalue weighted by Gasteiger charge is 2.43. The van der Waals surface area contributed by atoms with E-state index in [1.165, 1.54) is 0 Å². The van der Waals surface area contributed by atoms with Crippen molar-refractivity contribution in [3.8, 4) is 0 Å². The number of thioether (sulfide) groups is 1. The zero-order valence-corrected chi connectivity index (χ0v) is 17.9. The molecule has 10 nitrogen and oxygen atoms in total. The molecule has 3 aliphatic rings. The second-order valence-corrected chi connectivity index (χ2v) is 9.47. The van der Waals surface area contributed by atoms with Gasteiger partial charge in [0.2, 0.25) is 5.91 Å². The first kappa shape index (κ1) is 22.7. The summed E-state index contributed by atoms with van der Waals surface area (Å²) >= 11 is 7.16. The molecular weight excluding hydrogens is 422 g/mol. The van der Waals surface area contributed by atoms with Gasteiger partial charge in [0.25, 0.3) is 11.3 Å². The molecule has 2 heterocycles. The fraction of sp³-hybridized carbons (Fsp3) is 0.882. The molecule has 0 radical (unpaired) electrons. The van der Waals surface area contributed by atoms with Crippen LogP contribution in [0.4, 0.5) is 4.79 Å². The van der Waals surface area contributed by atoms with Crippen LogP contribution in [0.25, 0.3) is 0 Å². The highest BCUT2D eigenvalue weighted by atomic mass is 35.5. The predicted octanol–water partition coefficient (Wildman–Crippen LogP) is 0.922. The summed E-state index contributed by atoms with van der Waals surface area (Å²) in [6, 6.07) is -0.941. The molecular formula is C17H28ClN5O5S. The number of carbonyl (C=O) groups excluding carboxylic acids is 2. The van der Waals surface area contributed by atoms with E-state index in [4.69, 9.17) is 16.3 Å². The third-order valence-electron chi connectivity index (χ3n) is 5.86. The Balaban J connectivity index is 1.35. The molecule has 2 amide bonds. The Labute approximate surface area is 178 Å². The number of nitro groups is 1. The van der Waals surface area contributed by atoms with Crippen LogP contribution in [0.2, 0.25) is 0 Å². The molecule has 1 saturated carbocycles. The number of carbonyl (C=O) groups is 2. The SMILES string of the molecule is CN(CCOC1CCC(CC2SC(=O)NC2=O)CC1)C1NCNC(Cl)C1[N+](=O)[O-]. The Bertz CT molecular complexity index is 621. The summed E-state index contributed by atoms with van der Waals surface area (Å²) in [5.41, 5.74) is -0.717. The van der Waals surface area contributed by atoms with Crippen LogP contribution >= 0.6 is 23.4 Å². The van der Waals surface area contributed by atoms with Gasteiger partial charge < -0.3 is 4.74 Å². The summed E-state index contributed by atoms with van der Waals surface area (Å²) in [7, 11) is 1.83. The maximum absolute atomic E-state index is 11.7. The number of nitrogens with zero attached hydrogens (tertiary/aromatic N) is 2. The van der Waals surface area contributed by atoms with E-state index < -0.39 is 17.7 Å². The number of likely N-dealkylation sites (N-methyl/N-ethyl adjacent to an activating group) is 1. The van der Waals surface area contributed by atoms with Crippen LogP contribution in [0.5, 0.6) is 0 Å². The van der Waals surface area contributed by atoms with Crippen molar-refractivity contribution in [2.24, 2.45) is 5.92 Å². The lowest BCUT2D eigenvalue weighted by atomic mass is 9.84. The number of amides is 2. The molecule has 0 bridgehead atoms. The Morgan fingerprint density at radius 3 is 2.62 bits per heavy atom. The maximum atomic E-state index is 11.7. The second kappa shape index (κ2) is 10.4. The maximum Gasteiger partial charge on any atom is 0.286 e. The molecule has 4 atom stereocenters. The molecule has 164 valence electrons. The van der Waals surface area contributed by atoms with Gasteiger partial charge in [-0.1, -0.05) is 23.4 Å². The van der Waals surface area contributed by atoms with Crippen LogP contribution < -0.4 is 16.0 Å². The van der Waals surface area contributed by atoms with Crippen molar-refractivity contribution in [3.05, 3.63) is 10.1 Å². The van der Waals surface area contributed by atoms with Crippen LogP contribution in [0.3, 0.4) is 0 Å². The number of nitrogens with one attached hydrogen (secondary N) is 3. The third-order valence-corrected chi connectivity index (χ3v) is 7.28. The van der Waals surface area contributed by atoms with Gasteiger partial charge >= 0.3 is 0 Å². The number of hydrogen-bond donors (Lipinski definition) is 3. The monoisotopic (exact) mass is 449 g/mol. The van der Waals surface area contributed by atoms with Crippen LogP contribution in [0, 0.1) is 16.0 Å². The highest BCUT2D eigenvalue weighted by Crippen LogP contribution is 2.34. The van der Waals surface area contributed by atoms with E-state index in [1.807, 2.05) is 11.9 Å². The van der Waals surface area contributed by atoms with E-state index in [1.54, 1.807) is 0 Å². The molecule has 3 rings (SSSR count). The van der Waals surface area contributed by atoms with Gasteiger partial charge in [0.1, 0.15) is 6.17 Å². The number of alkyl halides is 1. The molecule has 4 unspecified atom stereocenters. The summed E-state index contributed by atoms with van der Waals surface area (Å²) < 4.78 is 6.00. The lowest BCUT2D eigenvalue weighted by Gasteiger charge is -2.37. The lowest BCUT2D eigenvalue weighted by Crippen LogP contribution is -2.66. The fourth-order valence-corrected chi connectivity index (χ4v) is 5.45. The second-order valence-electron chi connectivity index (χ2n) is 7.82. The zero-order valence-electron chi connectivity index (χ0n) is 16.3. The number of halogens is 1. The Kier molecular flexibility index (Phi) is 8.11. The van der Waals surface area contributed by atoms with Gasteiger partial charge in [-0.05, 0) is 45.1 Å². The standard InChI is InChI=1S/C17H28ClN5O5S/c1-22(15-13(23(26)27)14(18)19-9-20-15)6-7-28-11-4-2-10(3-5-11)8-12-16(24)21-17(25)29-12/h10-15,19-20H,2-9H2,1H3,(H,21,24,25). The number of rotatable bonds is 8. The summed E-state index contributed by atoms with van der Waals surface area (Å²) in [5.74, 6) is 0.271. The topological polar surface area (TPSA) is 126 Å². The van der Waals surface area contributed by atoms with Gasteiger partial charge in [0.15, 0.2) is 5.50 Å². The molecule has 29 heavy (non-hydrogen) atoms. The fourth-order valence-electron chi connectivity index (χ4n) is 4.19. The Morgan fingerprint density at radius 1 is 1.28 bits per heavy atom. The first-order chi connectivity index (χ1) is 13.8. The minimum absolute atomic E-state index is 0.166. The molecule has 3 N–H and O–H groups in total. The van der Waals surface area contributed by atoms with Crippen molar-refractivity contribution in [1.29, 1.82) is 0 Å². The normalized spacial score (nSPS) is 35.7. The van der Waals surface area contributed by atoms with Crippen LogP contribution in [0.1, 0.15) is 32.1 Å². The van der Waals surface area contributed by atoms with E-state index in [0.717, 1.165) is 43.9 Å². The molecule has 1 aliphatic carbocycles. The minimum Gasteiger partial charge on any atom is -0.377 e. The van der Waals surface area contributed by atoms with E-state index in [9.17, 15) is 19.7 Å². The van der Waals surface area contributed by atoms with Gasteiger partial charge in [-0.2, -0.15) is 0 Å². The van der Waals surface area contributed by atoms with E-state index >= 15 is 0 Å². The molecule has 2 aliphatic heterocycles. The van der Waals surface area contributed by atoms with E-state index in [2.05, 4.69) is 16.0 Å². The molecule has 0 aromatic heterocycles. The third kappa shape index (κ3) is 6.02. The van der Waals surface area contributed by atoms with Crippen LogP contribution in [0.15, 0.2) is 0 Å². The highest BCUT2D eigenvalue weighted by molar-refractivity contribution is 8.15. The largest absolute Gasteiger partial charge is 0.377 e. The molecule has 3 fully saturated rings. The van der Waals surface area contributed by atoms with Gasteiger partial charge in [-0.15, -0.1) is 0 Å². The predicted molar refractivity (Wildman–Crippen MR) is 109 cm³/mol. The number of hydrogen-bond acceptors (Lipinski definition) is 9. The Hall–Kier alpha value is -0.980. The Morgan fingerprint density at radius 2 is 2.00 bits per heavy atom. The van der Waals surface area contributed by atoms with Crippen molar-refractivity contribution >= 4 is 34.5 Å².